The Morgan fingerprint density at radius 3 is 3.21 bits per heavy atom. The average molecular weight is 284 g/mol. The Bertz CT molecular complexity index is 424. The summed E-state index contributed by atoms with van der Waals surface area (Å²) in [6.07, 6.45) is 1.97. The number of carbonyl (C=O) groups is 1. The molecule has 6 nitrogen and oxygen atoms in total. The van der Waals surface area contributed by atoms with Crippen molar-refractivity contribution in [1.82, 2.24) is 15.1 Å². The Labute approximate surface area is 117 Å². The number of hydrogen-bond acceptors (Lipinski definition) is 6. The van der Waals surface area contributed by atoms with Gasteiger partial charge in [0.15, 0.2) is 0 Å². The second kappa shape index (κ2) is 6.81. The number of rotatable bonds is 4. The SMILES string of the molecule is CCCNc1nnc(C(=O)N2CCCOC(C)C2)s1. The first kappa shape index (κ1) is 14.2. The highest BCUT2D eigenvalue weighted by molar-refractivity contribution is 7.17. The topological polar surface area (TPSA) is 67.4 Å². The molecule has 7 heteroatoms. The van der Waals surface area contributed by atoms with Crippen LogP contribution >= 0.6 is 11.3 Å². The van der Waals surface area contributed by atoms with Crippen molar-refractivity contribution in [1.29, 1.82) is 0 Å². The maximum Gasteiger partial charge on any atom is 0.284 e. The summed E-state index contributed by atoms with van der Waals surface area (Å²) < 4.78 is 5.54. The van der Waals surface area contributed by atoms with Crippen LogP contribution in [-0.4, -0.2) is 53.3 Å². The molecule has 19 heavy (non-hydrogen) atoms. The molecule has 1 aliphatic rings. The number of nitrogens with zero attached hydrogens (tertiary/aromatic N) is 3. The van der Waals surface area contributed by atoms with Gasteiger partial charge in [0.05, 0.1) is 6.10 Å². The highest BCUT2D eigenvalue weighted by Crippen LogP contribution is 2.18. The van der Waals surface area contributed by atoms with E-state index in [9.17, 15) is 4.79 Å². The summed E-state index contributed by atoms with van der Waals surface area (Å²) in [5.41, 5.74) is 0. The molecule has 1 unspecified atom stereocenters. The first-order valence-corrected chi connectivity index (χ1v) is 7.50. The van der Waals surface area contributed by atoms with E-state index in [1.807, 2.05) is 11.8 Å². The zero-order chi connectivity index (χ0) is 13.7. The summed E-state index contributed by atoms with van der Waals surface area (Å²) in [4.78, 5) is 14.1. The van der Waals surface area contributed by atoms with E-state index in [-0.39, 0.29) is 12.0 Å². The van der Waals surface area contributed by atoms with Crippen molar-refractivity contribution < 1.29 is 9.53 Å². The highest BCUT2D eigenvalue weighted by atomic mass is 32.1. The Kier molecular flexibility index (Phi) is 5.09. The van der Waals surface area contributed by atoms with Gasteiger partial charge in [-0.1, -0.05) is 18.3 Å². The van der Waals surface area contributed by atoms with Gasteiger partial charge >= 0.3 is 0 Å². The molecule has 0 radical (unpaired) electrons. The minimum atomic E-state index is -0.0422. The van der Waals surface area contributed by atoms with Crippen LogP contribution in [0.5, 0.6) is 0 Å². The van der Waals surface area contributed by atoms with Gasteiger partial charge < -0.3 is 15.0 Å². The lowest BCUT2D eigenvalue weighted by molar-refractivity contribution is 0.0562. The number of hydrogen-bond donors (Lipinski definition) is 1. The van der Waals surface area contributed by atoms with Gasteiger partial charge in [-0.25, -0.2) is 0 Å². The van der Waals surface area contributed by atoms with Crippen LogP contribution in [0.2, 0.25) is 0 Å². The molecule has 2 rings (SSSR count). The number of ether oxygens (including phenoxy) is 1. The summed E-state index contributed by atoms with van der Waals surface area (Å²) in [5.74, 6) is -0.0422. The first-order valence-electron chi connectivity index (χ1n) is 6.69. The van der Waals surface area contributed by atoms with Crippen molar-refractivity contribution in [3.8, 4) is 0 Å². The third-order valence-electron chi connectivity index (χ3n) is 2.87. The van der Waals surface area contributed by atoms with Gasteiger partial charge in [0.25, 0.3) is 5.91 Å². The molecular weight excluding hydrogens is 264 g/mol. The third kappa shape index (κ3) is 3.87. The Hall–Kier alpha value is -1.21. The van der Waals surface area contributed by atoms with Gasteiger partial charge in [0.2, 0.25) is 10.1 Å². The number of carbonyl (C=O) groups excluding carboxylic acids is 1. The third-order valence-corrected chi connectivity index (χ3v) is 3.74. The minimum absolute atomic E-state index is 0.0422. The first-order chi connectivity index (χ1) is 9.20. The predicted molar refractivity (Wildman–Crippen MR) is 74.6 cm³/mol. The monoisotopic (exact) mass is 284 g/mol. The van der Waals surface area contributed by atoms with Gasteiger partial charge in [0, 0.05) is 26.2 Å². The lowest BCUT2D eigenvalue weighted by Gasteiger charge is -2.20. The number of amides is 1. The second-order valence-corrected chi connectivity index (χ2v) is 5.60. The van der Waals surface area contributed by atoms with Crippen molar-refractivity contribution >= 4 is 22.4 Å². The van der Waals surface area contributed by atoms with Gasteiger partial charge in [-0.2, -0.15) is 0 Å². The lowest BCUT2D eigenvalue weighted by Crippen LogP contribution is -2.35. The van der Waals surface area contributed by atoms with Crippen molar-refractivity contribution in [2.45, 2.75) is 32.8 Å². The molecule has 0 spiro atoms. The van der Waals surface area contributed by atoms with Crippen molar-refractivity contribution in [3.63, 3.8) is 0 Å². The standard InChI is InChI=1S/C12H20N4O2S/c1-3-5-13-12-15-14-10(19-12)11(17)16-6-4-7-18-9(2)8-16/h9H,3-8H2,1-2H3,(H,13,15). The molecule has 0 bridgehead atoms. The molecule has 106 valence electrons. The molecular formula is C12H20N4O2S. The molecule has 2 heterocycles. The second-order valence-electron chi connectivity index (χ2n) is 4.63. The molecule has 1 amide bonds. The zero-order valence-electron chi connectivity index (χ0n) is 11.4. The van der Waals surface area contributed by atoms with E-state index >= 15 is 0 Å². The maximum atomic E-state index is 12.3. The summed E-state index contributed by atoms with van der Waals surface area (Å²) in [6.45, 7) is 6.97. The molecule has 1 aromatic rings. The normalized spacial score (nSPS) is 20.1. The van der Waals surface area contributed by atoms with E-state index in [2.05, 4.69) is 22.4 Å². The Morgan fingerprint density at radius 1 is 1.58 bits per heavy atom. The maximum absolute atomic E-state index is 12.3. The van der Waals surface area contributed by atoms with E-state index in [1.165, 1.54) is 11.3 Å². The largest absolute Gasteiger partial charge is 0.377 e. The van der Waals surface area contributed by atoms with Crippen LogP contribution in [-0.2, 0) is 4.74 Å². The van der Waals surface area contributed by atoms with Crippen LogP contribution in [0.15, 0.2) is 0 Å². The van der Waals surface area contributed by atoms with E-state index in [0.717, 1.165) is 25.9 Å². The molecule has 1 atom stereocenters. The van der Waals surface area contributed by atoms with Crippen molar-refractivity contribution in [2.75, 3.05) is 31.6 Å². The Balaban J connectivity index is 1.99. The fraction of sp³-hybridized carbons (Fsp3) is 0.750. The van der Waals surface area contributed by atoms with Crippen LogP contribution in [0.1, 0.15) is 36.5 Å². The average Bonchev–Trinajstić information content (AvgIpc) is 2.77. The fourth-order valence-corrected chi connectivity index (χ4v) is 2.66. The van der Waals surface area contributed by atoms with Gasteiger partial charge in [-0.05, 0) is 19.8 Å². The summed E-state index contributed by atoms with van der Waals surface area (Å²) in [5, 5.41) is 12.3. The molecule has 1 fully saturated rings. The Morgan fingerprint density at radius 2 is 2.42 bits per heavy atom. The molecule has 1 N–H and O–H groups in total. The van der Waals surface area contributed by atoms with Gasteiger partial charge in [0.1, 0.15) is 0 Å². The molecule has 1 saturated heterocycles. The van der Waals surface area contributed by atoms with Crippen LogP contribution in [0.4, 0.5) is 5.13 Å². The van der Waals surface area contributed by atoms with E-state index in [0.29, 0.717) is 23.3 Å². The van der Waals surface area contributed by atoms with Crippen LogP contribution in [0.25, 0.3) is 0 Å². The molecule has 1 aromatic heterocycles. The number of aromatic nitrogens is 2. The fourth-order valence-electron chi connectivity index (χ4n) is 1.93. The highest BCUT2D eigenvalue weighted by Gasteiger charge is 2.23. The van der Waals surface area contributed by atoms with Gasteiger partial charge in [-0.15, -0.1) is 10.2 Å². The molecule has 0 saturated carbocycles. The summed E-state index contributed by atoms with van der Waals surface area (Å²) >= 11 is 1.32. The number of nitrogens with one attached hydrogen (secondary N) is 1. The smallest absolute Gasteiger partial charge is 0.284 e. The quantitative estimate of drug-likeness (QED) is 0.910. The number of anilines is 1. The van der Waals surface area contributed by atoms with E-state index in [1.54, 1.807) is 0 Å². The molecule has 1 aliphatic heterocycles. The zero-order valence-corrected chi connectivity index (χ0v) is 12.2. The lowest BCUT2D eigenvalue weighted by atomic mass is 10.3. The minimum Gasteiger partial charge on any atom is -0.377 e. The molecule has 0 aliphatic carbocycles. The van der Waals surface area contributed by atoms with Gasteiger partial charge in [-0.3, -0.25) is 4.79 Å². The van der Waals surface area contributed by atoms with Crippen molar-refractivity contribution in [2.24, 2.45) is 0 Å². The summed E-state index contributed by atoms with van der Waals surface area (Å²) in [6, 6.07) is 0. The predicted octanol–water partition coefficient (Wildman–Crippen LogP) is 1.61. The molecule has 0 aromatic carbocycles. The van der Waals surface area contributed by atoms with E-state index in [4.69, 9.17) is 4.74 Å². The summed E-state index contributed by atoms with van der Waals surface area (Å²) in [7, 11) is 0. The van der Waals surface area contributed by atoms with Crippen molar-refractivity contribution in [3.05, 3.63) is 5.01 Å². The van der Waals surface area contributed by atoms with Crippen LogP contribution in [0.3, 0.4) is 0 Å². The van der Waals surface area contributed by atoms with E-state index < -0.39 is 0 Å². The van der Waals surface area contributed by atoms with Crippen LogP contribution in [0, 0.1) is 0 Å². The van der Waals surface area contributed by atoms with Crippen LogP contribution < -0.4 is 5.32 Å².